The van der Waals surface area contributed by atoms with Crippen molar-refractivity contribution in [3.05, 3.63) is 83.1 Å². The van der Waals surface area contributed by atoms with E-state index in [0.717, 1.165) is 21.2 Å². The highest BCUT2D eigenvalue weighted by Gasteiger charge is 2.21. The van der Waals surface area contributed by atoms with Crippen LogP contribution in [-0.4, -0.2) is 20.5 Å². The first-order valence-corrected chi connectivity index (χ1v) is 8.76. The molecule has 2 aromatic carbocycles. The van der Waals surface area contributed by atoms with Gasteiger partial charge in [0.25, 0.3) is 5.91 Å². The van der Waals surface area contributed by atoms with Crippen molar-refractivity contribution in [1.82, 2.24) is 14.6 Å². The van der Waals surface area contributed by atoms with E-state index in [1.54, 1.807) is 15.6 Å². The van der Waals surface area contributed by atoms with Gasteiger partial charge in [0.05, 0.1) is 12.7 Å². The number of rotatable bonds is 4. The van der Waals surface area contributed by atoms with Crippen LogP contribution in [-0.2, 0) is 6.54 Å². The number of nitrogens with zero attached hydrogens (tertiary/aromatic N) is 4. The van der Waals surface area contributed by atoms with Crippen LogP contribution < -0.4 is 4.90 Å². The number of amides is 1. The van der Waals surface area contributed by atoms with Crippen LogP contribution in [0.25, 0.3) is 4.96 Å². The molecule has 2 heterocycles. The molecule has 0 aliphatic heterocycles. The highest BCUT2D eigenvalue weighted by atomic mass is 32.1. The summed E-state index contributed by atoms with van der Waals surface area (Å²) < 4.78 is 1.67. The second-order valence-electron chi connectivity index (χ2n) is 5.69. The van der Waals surface area contributed by atoms with E-state index in [2.05, 4.69) is 10.1 Å². The predicted octanol–water partition coefficient (Wildman–Crippen LogP) is 3.95. The first-order chi connectivity index (χ1) is 12.2. The SMILES string of the molecule is Cc1nn2cc(C(=O)N(Cc3ccccc3)c3ccccc3)nc2s1. The number of imidazole rings is 1. The van der Waals surface area contributed by atoms with Crippen molar-refractivity contribution in [2.24, 2.45) is 0 Å². The lowest BCUT2D eigenvalue weighted by Crippen LogP contribution is -2.30. The summed E-state index contributed by atoms with van der Waals surface area (Å²) in [5.41, 5.74) is 2.31. The number of carbonyl (C=O) groups excluding carboxylic acids is 1. The van der Waals surface area contributed by atoms with Gasteiger partial charge in [0, 0.05) is 5.69 Å². The molecule has 0 aliphatic rings. The van der Waals surface area contributed by atoms with Crippen LogP contribution in [0.1, 0.15) is 21.1 Å². The van der Waals surface area contributed by atoms with E-state index in [-0.39, 0.29) is 5.91 Å². The predicted molar refractivity (Wildman–Crippen MR) is 99.0 cm³/mol. The molecule has 1 amide bonds. The van der Waals surface area contributed by atoms with Gasteiger partial charge in [0.2, 0.25) is 4.96 Å². The number of hydrogen-bond donors (Lipinski definition) is 0. The lowest BCUT2D eigenvalue weighted by Gasteiger charge is -2.22. The van der Waals surface area contributed by atoms with Crippen molar-refractivity contribution >= 4 is 27.9 Å². The molecule has 0 bridgehead atoms. The third-order valence-corrected chi connectivity index (χ3v) is 4.70. The number of para-hydroxylation sites is 1. The number of aryl methyl sites for hydroxylation is 1. The molecule has 5 nitrogen and oxygen atoms in total. The molecule has 0 aliphatic carbocycles. The van der Waals surface area contributed by atoms with E-state index in [1.807, 2.05) is 67.6 Å². The summed E-state index contributed by atoms with van der Waals surface area (Å²) in [6, 6.07) is 19.6. The van der Waals surface area contributed by atoms with Crippen molar-refractivity contribution in [1.29, 1.82) is 0 Å². The molecule has 0 radical (unpaired) electrons. The molecule has 0 saturated heterocycles. The summed E-state index contributed by atoms with van der Waals surface area (Å²) in [5, 5.41) is 5.26. The van der Waals surface area contributed by atoms with E-state index >= 15 is 0 Å². The fourth-order valence-electron chi connectivity index (χ4n) is 2.70. The maximum atomic E-state index is 13.1. The largest absolute Gasteiger partial charge is 0.303 e. The second-order valence-corrected chi connectivity index (χ2v) is 6.85. The minimum atomic E-state index is -0.134. The summed E-state index contributed by atoms with van der Waals surface area (Å²) in [6.45, 7) is 2.41. The van der Waals surface area contributed by atoms with Crippen LogP contribution in [0.15, 0.2) is 66.9 Å². The van der Waals surface area contributed by atoms with E-state index in [1.165, 1.54) is 11.3 Å². The van der Waals surface area contributed by atoms with E-state index in [9.17, 15) is 4.79 Å². The first kappa shape index (κ1) is 15.5. The average Bonchev–Trinajstić information content (AvgIpc) is 3.18. The van der Waals surface area contributed by atoms with Crippen LogP contribution in [0.2, 0.25) is 0 Å². The van der Waals surface area contributed by atoms with Crippen molar-refractivity contribution in [3.8, 4) is 0 Å². The molecule has 0 unspecified atom stereocenters. The number of aromatic nitrogens is 3. The van der Waals surface area contributed by atoms with Crippen molar-refractivity contribution < 1.29 is 4.79 Å². The van der Waals surface area contributed by atoms with Crippen LogP contribution in [0.3, 0.4) is 0 Å². The number of anilines is 1. The van der Waals surface area contributed by atoms with Crippen molar-refractivity contribution in [2.75, 3.05) is 4.90 Å². The minimum absolute atomic E-state index is 0.134. The van der Waals surface area contributed by atoms with Gasteiger partial charge in [-0.2, -0.15) is 5.10 Å². The lowest BCUT2D eigenvalue weighted by molar-refractivity contribution is 0.0981. The zero-order valence-electron chi connectivity index (χ0n) is 13.7. The first-order valence-electron chi connectivity index (χ1n) is 7.94. The second kappa shape index (κ2) is 6.49. The molecular formula is C19H16N4OS. The monoisotopic (exact) mass is 348 g/mol. The van der Waals surface area contributed by atoms with Crippen LogP contribution in [0, 0.1) is 6.92 Å². The molecule has 0 atom stereocenters. The number of hydrogen-bond acceptors (Lipinski definition) is 4. The van der Waals surface area contributed by atoms with E-state index < -0.39 is 0 Å². The highest BCUT2D eigenvalue weighted by Crippen LogP contribution is 2.21. The normalized spacial score (nSPS) is 10.9. The molecule has 0 spiro atoms. The summed E-state index contributed by atoms with van der Waals surface area (Å²) in [6.07, 6.45) is 1.70. The van der Waals surface area contributed by atoms with Gasteiger partial charge >= 0.3 is 0 Å². The van der Waals surface area contributed by atoms with Gasteiger partial charge in [0.15, 0.2) is 0 Å². The highest BCUT2D eigenvalue weighted by molar-refractivity contribution is 7.16. The fourth-order valence-corrected chi connectivity index (χ4v) is 3.42. The number of fused-ring (bicyclic) bond motifs is 1. The zero-order valence-corrected chi connectivity index (χ0v) is 14.5. The quantitative estimate of drug-likeness (QED) is 0.561. The molecule has 0 N–H and O–H groups in total. The third kappa shape index (κ3) is 3.16. The summed E-state index contributed by atoms with van der Waals surface area (Å²) in [7, 11) is 0. The molecule has 4 rings (SSSR count). The van der Waals surface area contributed by atoms with Crippen molar-refractivity contribution in [3.63, 3.8) is 0 Å². The van der Waals surface area contributed by atoms with E-state index in [4.69, 9.17) is 0 Å². The Morgan fingerprint density at radius 1 is 1.08 bits per heavy atom. The van der Waals surface area contributed by atoms with E-state index in [0.29, 0.717) is 12.2 Å². The number of benzene rings is 2. The van der Waals surface area contributed by atoms with Gasteiger partial charge in [0.1, 0.15) is 10.7 Å². The Kier molecular flexibility index (Phi) is 4.03. The van der Waals surface area contributed by atoms with Gasteiger partial charge in [-0.1, -0.05) is 59.9 Å². The van der Waals surface area contributed by atoms with Gasteiger partial charge < -0.3 is 4.90 Å². The summed E-state index contributed by atoms with van der Waals surface area (Å²) >= 11 is 1.47. The van der Waals surface area contributed by atoms with Gasteiger partial charge in [-0.3, -0.25) is 4.79 Å². The Morgan fingerprint density at radius 2 is 1.76 bits per heavy atom. The standard InChI is InChI=1S/C19H16N4OS/c1-14-21-23-13-17(20-19(23)25-14)18(24)22(16-10-6-3-7-11-16)12-15-8-4-2-5-9-15/h2-11,13H,12H2,1H3. The molecule has 0 saturated carbocycles. The molecular weight excluding hydrogens is 332 g/mol. The maximum Gasteiger partial charge on any atom is 0.278 e. The van der Waals surface area contributed by atoms with Gasteiger partial charge in [-0.05, 0) is 24.6 Å². The Morgan fingerprint density at radius 3 is 2.44 bits per heavy atom. The van der Waals surface area contributed by atoms with Crippen LogP contribution >= 0.6 is 11.3 Å². The Bertz CT molecular complexity index is 976. The van der Waals surface area contributed by atoms with Crippen LogP contribution in [0.5, 0.6) is 0 Å². The molecule has 4 aromatic rings. The summed E-state index contributed by atoms with van der Waals surface area (Å²) in [5.74, 6) is -0.134. The Balaban J connectivity index is 1.71. The van der Waals surface area contributed by atoms with Gasteiger partial charge in [-0.25, -0.2) is 9.50 Å². The topological polar surface area (TPSA) is 50.5 Å². The van der Waals surface area contributed by atoms with Crippen LogP contribution in [0.4, 0.5) is 5.69 Å². The Hall–Kier alpha value is -2.99. The molecule has 6 heteroatoms. The Labute approximate surface area is 149 Å². The molecule has 124 valence electrons. The molecule has 0 fully saturated rings. The lowest BCUT2D eigenvalue weighted by atomic mass is 10.2. The maximum absolute atomic E-state index is 13.1. The molecule has 25 heavy (non-hydrogen) atoms. The number of carbonyl (C=O) groups is 1. The average molecular weight is 348 g/mol. The fraction of sp³-hybridized carbons (Fsp3) is 0.105. The molecule has 2 aromatic heterocycles. The van der Waals surface area contributed by atoms with Crippen molar-refractivity contribution in [2.45, 2.75) is 13.5 Å². The van der Waals surface area contributed by atoms with Gasteiger partial charge in [-0.15, -0.1) is 0 Å². The third-order valence-electron chi connectivity index (χ3n) is 3.86. The zero-order chi connectivity index (χ0) is 17.2. The smallest absolute Gasteiger partial charge is 0.278 e. The minimum Gasteiger partial charge on any atom is -0.303 e. The summed E-state index contributed by atoms with van der Waals surface area (Å²) in [4.78, 5) is 20.1.